The number of hydrogen-bond acceptors (Lipinski definition) is 5. The second-order valence-electron chi connectivity index (χ2n) is 4.36. The zero-order valence-electron chi connectivity index (χ0n) is 11.7. The van der Waals surface area contributed by atoms with Crippen LogP contribution in [0.4, 0.5) is 4.39 Å². The highest BCUT2D eigenvalue weighted by Crippen LogP contribution is 2.21. The summed E-state index contributed by atoms with van der Waals surface area (Å²) in [5.41, 5.74) is 0.641. The molecule has 0 unspecified atom stereocenters. The Balaban J connectivity index is 2.17. The van der Waals surface area contributed by atoms with Crippen LogP contribution in [0.2, 0.25) is 0 Å². The van der Waals surface area contributed by atoms with Gasteiger partial charge in [-0.15, -0.1) is 0 Å². The Morgan fingerprint density at radius 1 is 1.09 bits per heavy atom. The van der Waals surface area contributed by atoms with Gasteiger partial charge in [0.25, 0.3) is 0 Å². The molecular formula is C15H13FO5S. The molecule has 2 rings (SSSR count). The van der Waals surface area contributed by atoms with Crippen molar-refractivity contribution in [3.8, 4) is 5.75 Å². The van der Waals surface area contributed by atoms with Gasteiger partial charge in [0.15, 0.2) is 0 Å². The molecule has 2 aromatic rings. The second-order valence-corrected chi connectivity index (χ2v) is 5.88. The fourth-order valence-corrected chi connectivity index (χ4v) is 2.73. The Morgan fingerprint density at radius 3 is 2.32 bits per heavy atom. The Morgan fingerprint density at radius 2 is 1.73 bits per heavy atom. The third-order valence-electron chi connectivity index (χ3n) is 2.81. The topological polar surface area (TPSA) is 69.7 Å². The van der Waals surface area contributed by atoms with Crippen LogP contribution in [0.5, 0.6) is 5.75 Å². The van der Waals surface area contributed by atoms with E-state index in [4.69, 9.17) is 4.18 Å². The van der Waals surface area contributed by atoms with E-state index in [-0.39, 0.29) is 12.2 Å². The van der Waals surface area contributed by atoms with Crippen molar-refractivity contribution in [2.24, 2.45) is 0 Å². The van der Waals surface area contributed by atoms with Gasteiger partial charge in [0, 0.05) is 0 Å². The first-order valence-corrected chi connectivity index (χ1v) is 7.68. The second kappa shape index (κ2) is 6.57. The summed E-state index contributed by atoms with van der Waals surface area (Å²) < 4.78 is 46.9. The maximum atomic E-state index is 13.5. The molecule has 116 valence electrons. The van der Waals surface area contributed by atoms with Gasteiger partial charge in [0.2, 0.25) is 0 Å². The number of esters is 1. The third kappa shape index (κ3) is 3.82. The largest absolute Gasteiger partial charge is 0.469 e. The highest BCUT2D eigenvalue weighted by atomic mass is 32.2. The molecule has 0 bridgehead atoms. The van der Waals surface area contributed by atoms with Gasteiger partial charge in [-0.1, -0.05) is 24.3 Å². The lowest BCUT2D eigenvalue weighted by Gasteiger charge is -2.08. The zero-order chi connectivity index (χ0) is 16.2. The molecule has 0 aliphatic carbocycles. The number of benzene rings is 2. The molecule has 22 heavy (non-hydrogen) atoms. The van der Waals surface area contributed by atoms with Crippen molar-refractivity contribution in [2.45, 2.75) is 11.3 Å². The number of carbonyl (C=O) groups excluding carboxylic acids is 1. The van der Waals surface area contributed by atoms with Crippen molar-refractivity contribution in [3.05, 3.63) is 59.9 Å². The lowest BCUT2D eigenvalue weighted by Crippen LogP contribution is -2.11. The summed E-state index contributed by atoms with van der Waals surface area (Å²) in [4.78, 5) is 10.6. The SMILES string of the molecule is COC(=O)Cc1ccc(OS(=O)(=O)c2ccccc2F)cc1. The van der Waals surface area contributed by atoms with Crippen LogP contribution in [0.15, 0.2) is 53.4 Å². The Labute approximate surface area is 127 Å². The van der Waals surface area contributed by atoms with Crippen molar-refractivity contribution in [1.29, 1.82) is 0 Å². The van der Waals surface area contributed by atoms with Gasteiger partial charge >= 0.3 is 16.1 Å². The number of rotatable bonds is 5. The molecule has 0 heterocycles. The van der Waals surface area contributed by atoms with E-state index in [0.29, 0.717) is 5.56 Å². The van der Waals surface area contributed by atoms with Crippen LogP contribution in [-0.2, 0) is 26.1 Å². The molecule has 0 aromatic heterocycles. The van der Waals surface area contributed by atoms with Crippen molar-refractivity contribution < 1.29 is 26.5 Å². The van der Waals surface area contributed by atoms with E-state index in [2.05, 4.69) is 4.74 Å². The molecule has 0 aliphatic heterocycles. The average Bonchev–Trinajstić information content (AvgIpc) is 2.49. The van der Waals surface area contributed by atoms with Crippen LogP contribution in [0.1, 0.15) is 5.56 Å². The maximum absolute atomic E-state index is 13.5. The Hall–Kier alpha value is -2.41. The molecule has 0 aliphatic rings. The predicted octanol–water partition coefficient (Wildman–Crippen LogP) is 2.31. The summed E-state index contributed by atoms with van der Waals surface area (Å²) in [6, 6.07) is 10.8. The Bertz CT molecular complexity index is 769. The molecule has 5 nitrogen and oxygen atoms in total. The summed E-state index contributed by atoms with van der Waals surface area (Å²) in [7, 11) is -2.97. The van der Waals surface area contributed by atoms with Crippen LogP contribution in [0.3, 0.4) is 0 Å². The predicted molar refractivity (Wildman–Crippen MR) is 76.4 cm³/mol. The summed E-state index contributed by atoms with van der Waals surface area (Å²) in [6.45, 7) is 0. The molecule has 2 aromatic carbocycles. The van der Waals surface area contributed by atoms with Gasteiger partial charge in [-0.05, 0) is 29.8 Å². The monoisotopic (exact) mass is 324 g/mol. The van der Waals surface area contributed by atoms with Crippen molar-refractivity contribution in [3.63, 3.8) is 0 Å². The summed E-state index contributed by atoms with van der Waals surface area (Å²) >= 11 is 0. The lowest BCUT2D eigenvalue weighted by molar-refractivity contribution is -0.139. The molecule has 0 N–H and O–H groups in total. The summed E-state index contributed by atoms with van der Waals surface area (Å²) in [6.07, 6.45) is 0.0663. The molecule has 7 heteroatoms. The Kier molecular flexibility index (Phi) is 4.77. The van der Waals surface area contributed by atoms with E-state index >= 15 is 0 Å². The van der Waals surface area contributed by atoms with Crippen LogP contribution in [0, 0.1) is 5.82 Å². The van der Waals surface area contributed by atoms with Crippen LogP contribution < -0.4 is 4.18 Å². The summed E-state index contributed by atoms with van der Waals surface area (Å²) in [5, 5.41) is 0. The standard InChI is InChI=1S/C15H13FO5S/c1-20-15(17)10-11-6-8-12(9-7-11)21-22(18,19)14-5-3-2-4-13(14)16/h2-9H,10H2,1H3. The van der Waals surface area contributed by atoms with E-state index in [9.17, 15) is 17.6 Å². The van der Waals surface area contributed by atoms with E-state index in [1.54, 1.807) is 0 Å². The first-order valence-electron chi connectivity index (χ1n) is 6.27. The number of halogens is 1. The molecule has 0 atom stereocenters. The number of ether oxygens (including phenoxy) is 1. The van der Waals surface area contributed by atoms with E-state index < -0.39 is 26.8 Å². The molecule has 0 amide bonds. The quantitative estimate of drug-likeness (QED) is 0.623. The molecule has 0 saturated carbocycles. The van der Waals surface area contributed by atoms with Crippen LogP contribution >= 0.6 is 0 Å². The molecular weight excluding hydrogens is 311 g/mol. The van der Waals surface area contributed by atoms with Gasteiger partial charge < -0.3 is 8.92 Å². The van der Waals surface area contributed by atoms with Gasteiger partial charge in [0.05, 0.1) is 13.5 Å². The third-order valence-corrected chi connectivity index (χ3v) is 4.09. The van der Waals surface area contributed by atoms with Gasteiger partial charge in [-0.2, -0.15) is 8.42 Å². The zero-order valence-corrected chi connectivity index (χ0v) is 12.5. The highest BCUT2D eigenvalue weighted by molar-refractivity contribution is 7.87. The smallest absolute Gasteiger partial charge is 0.342 e. The number of hydrogen-bond donors (Lipinski definition) is 0. The van der Waals surface area contributed by atoms with Crippen molar-refractivity contribution in [1.82, 2.24) is 0 Å². The van der Waals surface area contributed by atoms with Gasteiger partial charge in [-0.25, -0.2) is 4.39 Å². The fraction of sp³-hybridized carbons (Fsp3) is 0.133. The first-order chi connectivity index (χ1) is 10.4. The highest BCUT2D eigenvalue weighted by Gasteiger charge is 2.20. The number of methoxy groups -OCH3 is 1. The molecule has 0 spiro atoms. The average molecular weight is 324 g/mol. The van der Waals surface area contributed by atoms with Crippen LogP contribution in [-0.4, -0.2) is 21.5 Å². The van der Waals surface area contributed by atoms with E-state index in [1.165, 1.54) is 43.5 Å². The molecule has 0 saturated heterocycles. The van der Waals surface area contributed by atoms with Gasteiger partial charge in [0.1, 0.15) is 16.5 Å². The lowest BCUT2D eigenvalue weighted by atomic mass is 10.1. The van der Waals surface area contributed by atoms with Crippen LogP contribution in [0.25, 0.3) is 0 Å². The van der Waals surface area contributed by atoms with E-state index in [0.717, 1.165) is 12.1 Å². The first kappa shape index (κ1) is 16.0. The fourth-order valence-electron chi connectivity index (χ4n) is 1.72. The number of carbonyl (C=O) groups is 1. The normalized spacial score (nSPS) is 11.0. The summed E-state index contributed by atoms with van der Waals surface area (Å²) in [5.74, 6) is -1.27. The molecule has 0 radical (unpaired) electrons. The molecule has 0 fully saturated rings. The minimum atomic E-state index is -4.25. The van der Waals surface area contributed by atoms with E-state index in [1.807, 2.05) is 0 Å². The minimum Gasteiger partial charge on any atom is -0.469 e. The van der Waals surface area contributed by atoms with Crippen molar-refractivity contribution >= 4 is 16.1 Å². The maximum Gasteiger partial charge on any atom is 0.342 e. The van der Waals surface area contributed by atoms with Crippen molar-refractivity contribution in [2.75, 3.05) is 7.11 Å². The van der Waals surface area contributed by atoms with Gasteiger partial charge in [-0.3, -0.25) is 4.79 Å². The minimum absolute atomic E-state index is 0.0249.